The Morgan fingerprint density at radius 1 is 1.60 bits per heavy atom. The number of aromatic nitrogens is 1. The number of nitrogens with two attached hydrogens (primary N) is 1. The highest BCUT2D eigenvalue weighted by atomic mass is 79.9. The molecule has 1 aromatic rings. The normalized spacial score (nSPS) is 14.1. The molecule has 1 atom stereocenters. The molecule has 1 heterocycles. The lowest BCUT2D eigenvalue weighted by Crippen LogP contribution is -2.46. The van der Waals surface area contributed by atoms with Crippen LogP contribution in [0.2, 0.25) is 0 Å². The summed E-state index contributed by atoms with van der Waals surface area (Å²) in [7, 11) is -3.70. The van der Waals surface area contributed by atoms with Crippen molar-refractivity contribution in [1.82, 2.24) is 4.98 Å². The van der Waals surface area contributed by atoms with Crippen LogP contribution >= 0.6 is 15.9 Å². The fourth-order valence-corrected chi connectivity index (χ4v) is 3.52. The second kappa shape index (κ2) is 5.77. The minimum atomic E-state index is -3.70. The summed E-state index contributed by atoms with van der Waals surface area (Å²) < 4.78 is 37.4. The molecule has 0 spiro atoms. The number of sulfone groups is 1. The van der Waals surface area contributed by atoms with E-state index >= 15 is 0 Å². The van der Waals surface area contributed by atoms with E-state index in [2.05, 4.69) is 20.9 Å². The minimum Gasteiger partial charge on any atom is -0.386 e. The number of hydrogen-bond donors (Lipinski definition) is 2. The summed E-state index contributed by atoms with van der Waals surface area (Å²) in [6.45, 7) is 4.33. The van der Waals surface area contributed by atoms with Crippen LogP contribution in [0.25, 0.3) is 0 Å². The average Bonchev–Trinajstić information content (AvgIpc) is 2.31. The van der Waals surface area contributed by atoms with E-state index in [-0.39, 0.29) is 11.3 Å². The number of hydrogen-bond acceptors (Lipinski definition) is 4. The van der Waals surface area contributed by atoms with Gasteiger partial charge in [-0.3, -0.25) is 5.41 Å². The first-order valence-electron chi connectivity index (χ1n) is 5.86. The molecule has 8 heteroatoms. The van der Waals surface area contributed by atoms with Crippen molar-refractivity contribution >= 4 is 31.6 Å². The third-order valence-electron chi connectivity index (χ3n) is 3.26. The van der Waals surface area contributed by atoms with Gasteiger partial charge in [0.2, 0.25) is 5.95 Å². The highest BCUT2D eigenvalue weighted by Gasteiger charge is 2.38. The van der Waals surface area contributed by atoms with Crippen molar-refractivity contribution in [2.45, 2.75) is 31.4 Å². The maximum Gasteiger partial charge on any atom is 0.216 e. The van der Waals surface area contributed by atoms with Crippen molar-refractivity contribution < 1.29 is 12.8 Å². The van der Waals surface area contributed by atoms with Gasteiger partial charge in [0.1, 0.15) is 10.6 Å². The van der Waals surface area contributed by atoms with Crippen molar-refractivity contribution in [1.29, 1.82) is 5.41 Å². The van der Waals surface area contributed by atoms with E-state index in [4.69, 9.17) is 11.1 Å². The van der Waals surface area contributed by atoms with Crippen LogP contribution in [0.1, 0.15) is 32.3 Å². The van der Waals surface area contributed by atoms with Gasteiger partial charge in [0.15, 0.2) is 9.84 Å². The zero-order valence-electron chi connectivity index (χ0n) is 11.4. The van der Waals surface area contributed by atoms with Crippen molar-refractivity contribution in [2.24, 2.45) is 5.73 Å². The molecule has 1 unspecified atom stereocenters. The summed E-state index contributed by atoms with van der Waals surface area (Å²) in [6.07, 6.45) is 1.31. The number of nitrogens with zero attached hydrogens (tertiary/aromatic N) is 1. The Morgan fingerprint density at radius 3 is 2.65 bits per heavy atom. The van der Waals surface area contributed by atoms with Crippen LogP contribution in [-0.4, -0.2) is 29.7 Å². The third-order valence-corrected chi connectivity index (χ3v) is 6.41. The minimum absolute atomic E-state index is 0.210. The number of rotatable bonds is 5. The van der Waals surface area contributed by atoms with E-state index in [1.165, 1.54) is 26.1 Å². The topological polar surface area (TPSA) is 96.9 Å². The Labute approximate surface area is 126 Å². The van der Waals surface area contributed by atoms with Crippen LogP contribution in [-0.2, 0) is 9.84 Å². The molecule has 0 saturated carbocycles. The van der Waals surface area contributed by atoms with E-state index in [9.17, 15) is 12.8 Å². The fourth-order valence-electron chi connectivity index (χ4n) is 1.58. The Morgan fingerprint density at radius 2 is 2.15 bits per heavy atom. The lowest BCUT2D eigenvalue weighted by Gasteiger charge is -2.25. The van der Waals surface area contributed by atoms with Crippen molar-refractivity contribution in [2.75, 3.05) is 5.75 Å². The zero-order valence-corrected chi connectivity index (χ0v) is 13.8. The maximum absolute atomic E-state index is 13.7. The number of nitrogens with one attached hydrogen (secondary N) is 1. The molecule has 0 aliphatic carbocycles. The lowest BCUT2D eigenvalue weighted by molar-refractivity contribution is 0.547. The van der Waals surface area contributed by atoms with E-state index in [1.54, 1.807) is 6.92 Å². The van der Waals surface area contributed by atoms with Crippen LogP contribution in [0.5, 0.6) is 0 Å². The van der Waals surface area contributed by atoms with E-state index in [1.807, 2.05) is 0 Å². The molecular weight excluding hydrogens is 349 g/mol. The van der Waals surface area contributed by atoms with Gasteiger partial charge in [0, 0.05) is 16.2 Å². The van der Waals surface area contributed by atoms with Crippen LogP contribution < -0.4 is 5.73 Å². The predicted molar refractivity (Wildman–Crippen MR) is 80.1 cm³/mol. The smallest absolute Gasteiger partial charge is 0.216 e. The van der Waals surface area contributed by atoms with Crippen molar-refractivity contribution in [3.05, 3.63) is 28.2 Å². The molecule has 0 fully saturated rings. The number of amidine groups is 1. The van der Waals surface area contributed by atoms with E-state index in [0.29, 0.717) is 4.47 Å². The van der Waals surface area contributed by atoms with Crippen molar-refractivity contribution in [3.8, 4) is 0 Å². The molecule has 0 radical (unpaired) electrons. The van der Waals surface area contributed by atoms with Gasteiger partial charge >= 0.3 is 0 Å². The molecule has 0 amide bonds. The Hall–Kier alpha value is -1.02. The van der Waals surface area contributed by atoms with Gasteiger partial charge in [-0.05, 0) is 41.8 Å². The molecule has 5 nitrogen and oxygen atoms in total. The monoisotopic (exact) mass is 365 g/mol. The van der Waals surface area contributed by atoms with Gasteiger partial charge in [0.25, 0.3) is 0 Å². The fraction of sp³-hybridized carbons (Fsp3) is 0.500. The van der Waals surface area contributed by atoms with Crippen LogP contribution in [0.4, 0.5) is 4.39 Å². The summed E-state index contributed by atoms with van der Waals surface area (Å²) in [5.41, 5.74) is 5.55. The molecule has 0 saturated heterocycles. The van der Waals surface area contributed by atoms with Crippen LogP contribution in [0, 0.1) is 11.4 Å². The summed E-state index contributed by atoms with van der Waals surface area (Å²) >= 11 is 3.17. The second-order valence-corrected chi connectivity index (χ2v) is 8.64. The van der Waals surface area contributed by atoms with Crippen LogP contribution in [0.3, 0.4) is 0 Å². The number of halogens is 2. The summed E-state index contributed by atoms with van der Waals surface area (Å²) in [5.74, 6) is -2.04. The highest BCUT2D eigenvalue weighted by molar-refractivity contribution is 9.10. The largest absolute Gasteiger partial charge is 0.386 e. The molecule has 20 heavy (non-hydrogen) atoms. The average molecular weight is 366 g/mol. The SMILES string of the molecule is CC(CS(=O)(=O)C(C)(C)C(=N)N)c1cc(Br)cnc1F. The summed E-state index contributed by atoms with van der Waals surface area (Å²) in [6, 6.07) is 1.50. The summed E-state index contributed by atoms with van der Waals surface area (Å²) in [4.78, 5) is 3.55. The first-order valence-corrected chi connectivity index (χ1v) is 8.31. The molecule has 0 aromatic carbocycles. The molecule has 112 valence electrons. The molecule has 0 aliphatic rings. The van der Waals surface area contributed by atoms with E-state index < -0.39 is 32.3 Å². The standard InChI is InChI=1S/C12H17BrFN3O2S/c1-7(9-4-8(13)5-17-10(9)14)6-20(18,19)12(2,3)11(15)16/h4-5,7H,6H2,1-3H3,(H3,15,16). The molecule has 3 N–H and O–H groups in total. The van der Waals surface area contributed by atoms with E-state index in [0.717, 1.165) is 0 Å². The Balaban J connectivity index is 3.10. The van der Waals surface area contributed by atoms with Gasteiger partial charge in [-0.15, -0.1) is 0 Å². The van der Waals surface area contributed by atoms with Gasteiger partial charge in [-0.25, -0.2) is 13.4 Å². The second-order valence-electron chi connectivity index (χ2n) is 5.14. The van der Waals surface area contributed by atoms with Crippen molar-refractivity contribution in [3.63, 3.8) is 0 Å². The third kappa shape index (κ3) is 3.35. The Bertz CT molecular complexity index is 632. The van der Waals surface area contributed by atoms with Gasteiger partial charge in [0.05, 0.1) is 5.75 Å². The first-order chi connectivity index (χ1) is 8.99. The quantitative estimate of drug-likeness (QED) is 0.474. The molecular formula is C12H17BrFN3O2S. The molecule has 1 rings (SSSR count). The molecule has 0 aliphatic heterocycles. The lowest BCUT2D eigenvalue weighted by atomic mass is 10.1. The molecule has 0 bridgehead atoms. The predicted octanol–water partition coefficient (Wildman–Crippen LogP) is 2.22. The number of pyridine rings is 1. The van der Waals surface area contributed by atoms with Crippen LogP contribution in [0.15, 0.2) is 16.7 Å². The molecule has 1 aromatic heterocycles. The zero-order chi connectivity index (χ0) is 15.7. The Kier molecular flexibility index (Phi) is 4.91. The van der Waals surface area contributed by atoms with Gasteiger partial charge < -0.3 is 5.73 Å². The summed E-state index contributed by atoms with van der Waals surface area (Å²) in [5, 5.41) is 7.38. The maximum atomic E-state index is 13.7. The van der Waals surface area contributed by atoms with Gasteiger partial charge in [-0.1, -0.05) is 6.92 Å². The first kappa shape index (κ1) is 17.0. The highest BCUT2D eigenvalue weighted by Crippen LogP contribution is 2.27. The van der Waals surface area contributed by atoms with Gasteiger partial charge in [-0.2, -0.15) is 4.39 Å².